The highest BCUT2D eigenvalue weighted by atomic mass is 35.5. The van der Waals surface area contributed by atoms with Crippen LogP contribution in [0.5, 0.6) is 0 Å². The summed E-state index contributed by atoms with van der Waals surface area (Å²) >= 11 is 5.77. The minimum absolute atomic E-state index is 0.00122. The zero-order valence-electron chi connectivity index (χ0n) is 10.9. The van der Waals surface area contributed by atoms with Gasteiger partial charge in [0.1, 0.15) is 0 Å². The van der Waals surface area contributed by atoms with Crippen molar-refractivity contribution in [2.75, 3.05) is 6.54 Å². The summed E-state index contributed by atoms with van der Waals surface area (Å²) in [4.78, 5) is 0. The van der Waals surface area contributed by atoms with E-state index in [1.165, 1.54) is 0 Å². The van der Waals surface area contributed by atoms with E-state index in [0.29, 0.717) is 10.6 Å². The van der Waals surface area contributed by atoms with Gasteiger partial charge < -0.3 is 10.8 Å². The van der Waals surface area contributed by atoms with Crippen LogP contribution in [0.25, 0.3) is 0 Å². The van der Waals surface area contributed by atoms with Gasteiger partial charge in [-0.2, -0.15) is 0 Å². The third-order valence-electron chi connectivity index (χ3n) is 3.32. The van der Waals surface area contributed by atoms with Crippen LogP contribution >= 0.6 is 11.6 Å². The molecule has 0 radical (unpaired) electrons. The van der Waals surface area contributed by atoms with Gasteiger partial charge in [-0.15, -0.1) is 0 Å². The molecule has 21 heavy (non-hydrogen) atoms. The van der Waals surface area contributed by atoms with Crippen molar-refractivity contribution in [1.29, 1.82) is 0 Å². The van der Waals surface area contributed by atoms with Crippen molar-refractivity contribution in [3.63, 3.8) is 0 Å². The fourth-order valence-electron chi connectivity index (χ4n) is 2.14. The summed E-state index contributed by atoms with van der Waals surface area (Å²) in [7, 11) is 0. The summed E-state index contributed by atoms with van der Waals surface area (Å²) in [5.41, 5.74) is 5.91. The highest BCUT2D eigenvalue weighted by Gasteiger charge is 2.26. The van der Waals surface area contributed by atoms with E-state index in [0.717, 1.165) is 12.1 Å². The predicted molar refractivity (Wildman–Crippen MR) is 74.5 cm³/mol. The van der Waals surface area contributed by atoms with Gasteiger partial charge in [-0.05, 0) is 23.8 Å². The second-order valence-corrected chi connectivity index (χ2v) is 5.04. The molecule has 2 aromatic rings. The maximum atomic E-state index is 13.8. The maximum absolute atomic E-state index is 13.8. The molecule has 0 aliphatic heterocycles. The molecule has 6 heteroatoms. The summed E-state index contributed by atoms with van der Waals surface area (Å²) in [6.07, 6.45) is -1.40. The molecule has 0 aromatic heterocycles. The highest BCUT2D eigenvalue weighted by molar-refractivity contribution is 6.30. The topological polar surface area (TPSA) is 46.2 Å². The molecule has 2 atom stereocenters. The standard InChI is InChI=1S/C15H13ClF3NO/c16-9-3-1-8(2-4-9)11(7-20)15(21)10-5-6-12(17)14(19)13(10)18/h1-6,11,15,21H,7,20H2. The lowest BCUT2D eigenvalue weighted by atomic mass is 9.89. The van der Waals surface area contributed by atoms with E-state index in [4.69, 9.17) is 17.3 Å². The Labute approximate surface area is 125 Å². The third kappa shape index (κ3) is 3.20. The third-order valence-corrected chi connectivity index (χ3v) is 3.57. The van der Waals surface area contributed by atoms with Crippen molar-refractivity contribution < 1.29 is 18.3 Å². The molecule has 2 nitrogen and oxygen atoms in total. The fourth-order valence-corrected chi connectivity index (χ4v) is 2.27. The van der Waals surface area contributed by atoms with E-state index in [9.17, 15) is 18.3 Å². The average Bonchev–Trinajstić information content (AvgIpc) is 2.47. The number of benzene rings is 2. The van der Waals surface area contributed by atoms with E-state index in [1.807, 2.05) is 0 Å². The largest absolute Gasteiger partial charge is 0.388 e. The maximum Gasteiger partial charge on any atom is 0.194 e. The lowest BCUT2D eigenvalue weighted by Crippen LogP contribution is -2.21. The molecular weight excluding hydrogens is 303 g/mol. The van der Waals surface area contributed by atoms with E-state index >= 15 is 0 Å². The van der Waals surface area contributed by atoms with Gasteiger partial charge >= 0.3 is 0 Å². The number of rotatable bonds is 4. The summed E-state index contributed by atoms with van der Waals surface area (Å²) in [5, 5.41) is 10.8. The Bertz CT molecular complexity index is 634. The van der Waals surface area contributed by atoms with Crippen LogP contribution in [0, 0.1) is 17.5 Å². The Hall–Kier alpha value is -1.56. The summed E-state index contributed by atoms with van der Waals surface area (Å²) in [6, 6.07) is 8.27. The number of halogens is 4. The van der Waals surface area contributed by atoms with Crippen LogP contribution in [0.3, 0.4) is 0 Å². The zero-order valence-corrected chi connectivity index (χ0v) is 11.6. The highest BCUT2D eigenvalue weighted by Crippen LogP contribution is 2.33. The van der Waals surface area contributed by atoms with Crippen molar-refractivity contribution in [2.45, 2.75) is 12.0 Å². The van der Waals surface area contributed by atoms with Crippen molar-refractivity contribution in [3.05, 3.63) is 70.0 Å². The lowest BCUT2D eigenvalue weighted by molar-refractivity contribution is 0.141. The van der Waals surface area contributed by atoms with Crippen molar-refractivity contribution in [1.82, 2.24) is 0 Å². The predicted octanol–water partition coefficient (Wildman–Crippen LogP) is 3.53. The van der Waals surface area contributed by atoms with Gasteiger partial charge in [0.25, 0.3) is 0 Å². The normalized spacial score (nSPS) is 14.0. The van der Waals surface area contributed by atoms with Crippen LogP contribution < -0.4 is 5.73 Å². The number of hydrogen-bond acceptors (Lipinski definition) is 2. The summed E-state index contributed by atoms with van der Waals surface area (Å²) < 4.78 is 40.0. The average molecular weight is 316 g/mol. The molecule has 0 bridgehead atoms. The Balaban J connectivity index is 2.39. The van der Waals surface area contributed by atoms with Crippen LogP contribution in [-0.2, 0) is 0 Å². The lowest BCUT2D eigenvalue weighted by Gasteiger charge is -2.23. The number of nitrogens with two attached hydrogens (primary N) is 1. The molecule has 0 saturated carbocycles. The van der Waals surface area contributed by atoms with Crippen LogP contribution in [0.4, 0.5) is 13.2 Å². The van der Waals surface area contributed by atoms with E-state index in [-0.39, 0.29) is 12.1 Å². The van der Waals surface area contributed by atoms with Crippen LogP contribution in [0.1, 0.15) is 23.1 Å². The van der Waals surface area contributed by atoms with Crippen LogP contribution in [0.15, 0.2) is 36.4 Å². The molecule has 0 fully saturated rings. The molecule has 112 valence electrons. The van der Waals surface area contributed by atoms with Crippen molar-refractivity contribution in [2.24, 2.45) is 5.73 Å². The first kappa shape index (κ1) is 15.8. The fraction of sp³-hybridized carbons (Fsp3) is 0.200. The molecule has 2 aromatic carbocycles. The van der Waals surface area contributed by atoms with Crippen molar-refractivity contribution >= 4 is 11.6 Å². The van der Waals surface area contributed by atoms with Gasteiger partial charge in [-0.25, -0.2) is 13.2 Å². The Morgan fingerprint density at radius 3 is 2.19 bits per heavy atom. The van der Waals surface area contributed by atoms with Crippen molar-refractivity contribution in [3.8, 4) is 0 Å². The molecule has 3 N–H and O–H groups in total. The molecular formula is C15H13ClF3NO. The molecule has 0 spiro atoms. The number of hydrogen-bond donors (Lipinski definition) is 2. The monoisotopic (exact) mass is 315 g/mol. The van der Waals surface area contributed by atoms with Gasteiger partial charge in [0, 0.05) is 23.0 Å². The van der Waals surface area contributed by atoms with Gasteiger partial charge in [-0.3, -0.25) is 0 Å². The number of aliphatic hydroxyl groups excluding tert-OH is 1. The molecule has 0 aliphatic rings. The SMILES string of the molecule is NCC(c1ccc(Cl)cc1)C(O)c1ccc(F)c(F)c1F. The van der Waals surface area contributed by atoms with Crippen LogP contribution in [-0.4, -0.2) is 11.7 Å². The Morgan fingerprint density at radius 2 is 1.62 bits per heavy atom. The minimum Gasteiger partial charge on any atom is -0.388 e. The second kappa shape index (κ2) is 6.47. The second-order valence-electron chi connectivity index (χ2n) is 4.60. The first-order valence-corrected chi connectivity index (χ1v) is 6.60. The Kier molecular flexibility index (Phi) is 4.88. The molecule has 2 unspecified atom stereocenters. The van der Waals surface area contributed by atoms with E-state index in [2.05, 4.69) is 0 Å². The number of aliphatic hydroxyl groups is 1. The molecule has 0 heterocycles. The molecule has 0 saturated heterocycles. The first-order chi connectivity index (χ1) is 9.95. The van der Waals surface area contributed by atoms with E-state index in [1.54, 1.807) is 24.3 Å². The Morgan fingerprint density at radius 1 is 1.00 bits per heavy atom. The van der Waals surface area contributed by atoms with Gasteiger partial charge in [-0.1, -0.05) is 29.8 Å². The minimum atomic E-state index is -1.61. The van der Waals surface area contributed by atoms with Gasteiger partial charge in [0.15, 0.2) is 17.5 Å². The smallest absolute Gasteiger partial charge is 0.194 e. The summed E-state index contributed by atoms with van der Waals surface area (Å²) in [5.74, 6) is -4.99. The molecule has 0 amide bonds. The zero-order chi connectivity index (χ0) is 15.6. The van der Waals surface area contributed by atoms with Gasteiger partial charge in [0.05, 0.1) is 6.10 Å². The molecule has 0 aliphatic carbocycles. The van der Waals surface area contributed by atoms with E-state index < -0.39 is 29.5 Å². The summed E-state index contributed by atoms with van der Waals surface area (Å²) in [6.45, 7) is 0.00122. The van der Waals surface area contributed by atoms with Gasteiger partial charge in [0.2, 0.25) is 0 Å². The van der Waals surface area contributed by atoms with Crippen LogP contribution in [0.2, 0.25) is 5.02 Å². The molecule has 2 rings (SSSR count). The first-order valence-electron chi connectivity index (χ1n) is 6.22. The quantitative estimate of drug-likeness (QED) is 0.848.